The molecule has 1 aromatic carbocycles. The van der Waals surface area contributed by atoms with Crippen LogP contribution in [0.25, 0.3) is 0 Å². The predicted molar refractivity (Wildman–Crippen MR) is 108 cm³/mol. The van der Waals surface area contributed by atoms with Crippen LogP contribution in [0.1, 0.15) is 49.7 Å². The smallest absolute Gasteiger partial charge is 0.255 e. The number of nitrogens with one attached hydrogen (secondary N) is 3. The van der Waals surface area contributed by atoms with Crippen molar-refractivity contribution in [1.29, 1.82) is 0 Å². The van der Waals surface area contributed by atoms with E-state index in [0.717, 1.165) is 5.76 Å². The maximum Gasteiger partial charge on any atom is 0.255 e. The number of aromatic hydroxyl groups is 1. The molecule has 0 aliphatic rings. The number of hydrogen-bond acceptors (Lipinski definition) is 5. The van der Waals surface area contributed by atoms with Crippen LogP contribution in [0.4, 0.5) is 0 Å². The molecule has 0 unspecified atom stereocenters. The first-order valence-corrected chi connectivity index (χ1v) is 9.34. The summed E-state index contributed by atoms with van der Waals surface area (Å²) < 4.78 is 5.74. The van der Waals surface area contributed by atoms with Crippen LogP contribution in [-0.2, 0) is 12.0 Å². The maximum atomic E-state index is 12.1. The van der Waals surface area contributed by atoms with Gasteiger partial charge in [0.05, 0.1) is 11.8 Å². The fourth-order valence-electron chi connectivity index (χ4n) is 2.34. The fourth-order valence-corrected chi connectivity index (χ4v) is 2.34. The molecule has 8 heteroatoms. The molecule has 4 N–H and O–H groups in total. The minimum absolute atomic E-state index is 0.0385. The van der Waals surface area contributed by atoms with Crippen molar-refractivity contribution in [3.05, 3.63) is 47.7 Å². The highest BCUT2D eigenvalue weighted by atomic mass is 16.4. The van der Waals surface area contributed by atoms with E-state index >= 15 is 0 Å². The molecule has 1 amide bonds. The molecule has 0 radical (unpaired) electrons. The van der Waals surface area contributed by atoms with Gasteiger partial charge in [0.25, 0.3) is 5.91 Å². The lowest BCUT2D eigenvalue weighted by atomic mass is 9.94. The van der Waals surface area contributed by atoms with Crippen LogP contribution < -0.4 is 16.0 Å². The molecule has 0 saturated carbocycles. The lowest BCUT2D eigenvalue weighted by Crippen LogP contribution is -2.41. The molecule has 1 heterocycles. The number of phenols is 1. The fraction of sp³-hybridized carbons (Fsp3) is 0.450. The second kappa shape index (κ2) is 9.77. The number of benzene rings is 1. The third kappa shape index (κ3) is 6.29. The van der Waals surface area contributed by atoms with Gasteiger partial charge in [0.1, 0.15) is 18.1 Å². The number of phenolic OH excluding ortho intramolecular Hbond substituents is 1. The standard InChI is InChI=1S/C20H29N5O3/c1-5-21-19(25-13-17-24-12-16(28-17)20(2,3)4)23-11-10-22-18(27)14-8-6-7-9-15(14)26/h6-9,12,26H,5,10-11,13H2,1-4H3,(H,22,27)(H2,21,23,25). The van der Waals surface area contributed by atoms with Crippen LogP contribution in [0.5, 0.6) is 5.75 Å². The van der Waals surface area contributed by atoms with Crippen LogP contribution >= 0.6 is 0 Å². The molecule has 2 rings (SSSR count). The Morgan fingerprint density at radius 1 is 1.18 bits per heavy atom. The molecule has 28 heavy (non-hydrogen) atoms. The molecule has 0 aliphatic heterocycles. The second-order valence-corrected chi connectivity index (χ2v) is 7.26. The number of para-hydroxylation sites is 1. The Balaban J connectivity index is 1.83. The van der Waals surface area contributed by atoms with Crippen molar-refractivity contribution in [3.8, 4) is 5.75 Å². The van der Waals surface area contributed by atoms with E-state index in [-0.39, 0.29) is 22.6 Å². The molecule has 0 bridgehead atoms. The van der Waals surface area contributed by atoms with Crippen molar-refractivity contribution < 1.29 is 14.3 Å². The zero-order valence-corrected chi connectivity index (χ0v) is 16.9. The van der Waals surface area contributed by atoms with E-state index in [0.29, 0.717) is 38.0 Å². The molecular weight excluding hydrogens is 358 g/mol. The zero-order chi connectivity index (χ0) is 20.6. The van der Waals surface area contributed by atoms with Crippen LogP contribution in [0.15, 0.2) is 39.9 Å². The number of rotatable bonds is 7. The molecule has 1 aromatic heterocycles. The second-order valence-electron chi connectivity index (χ2n) is 7.26. The Hall–Kier alpha value is -3.03. The van der Waals surface area contributed by atoms with Gasteiger partial charge in [-0.15, -0.1) is 0 Å². The molecular formula is C20H29N5O3. The number of oxazole rings is 1. The van der Waals surface area contributed by atoms with E-state index in [4.69, 9.17) is 4.42 Å². The average Bonchev–Trinajstić information content (AvgIpc) is 3.13. The SMILES string of the molecule is CCNC(=NCc1ncc(C(C)(C)C)o1)NCCNC(=O)c1ccccc1O. The number of aliphatic imine (C=N–C) groups is 1. The van der Waals surface area contributed by atoms with Crippen molar-refractivity contribution in [2.45, 2.75) is 39.7 Å². The van der Waals surface area contributed by atoms with Gasteiger partial charge in [-0.2, -0.15) is 0 Å². The van der Waals surface area contributed by atoms with Crippen LogP contribution in [-0.4, -0.2) is 41.6 Å². The van der Waals surface area contributed by atoms with E-state index in [1.807, 2.05) is 6.92 Å². The molecule has 0 fully saturated rings. The number of carbonyl (C=O) groups is 1. The Morgan fingerprint density at radius 2 is 1.89 bits per heavy atom. The Labute approximate surface area is 165 Å². The van der Waals surface area contributed by atoms with Gasteiger partial charge in [0.15, 0.2) is 5.96 Å². The van der Waals surface area contributed by atoms with E-state index in [2.05, 4.69) is 46.7 Å². The van der Waals surface area contributed by atoms with E-state index in [1.165, 1.54) is 6.07 Å². The summed E-state index contributed by atoms with van der Waals surface area (Å²) in [5.41, 5.74) is 0.157. The third-order valence-electron chi connectivity index (χ3n) is 3.86. The number of aromatic nitrogens is 1. The topological polar surface area (TPSA) is 112 Å². The van der Waals surface area contributed by atoms with Crippen molar-refractivity contribution in [3.63, 3.8) is 0 Å². The Kier molecular flexibility index (Phi) is 7.43. The van der Waals surface area contributed by atoms with Crippen LogP contribution in [0, 0.1) is 0 Å². The lowest BCUT2D eigenvalue weighted by Gasteiger charge is -2.13. The van der Waals surface area contributed by atoms with Gasteiger partial charge in [-0.3, -0.25) is 4.79 Å². The van der Waals surface area contributed by atoms with Crippen LogP contribution in [0.3, 0.4) is 0 Å². The quantitative estimate of drug-likeness (QED) is 0.329. The van der Waals surface area contributed by atoms with Gasteiger partial charge in [-0.05, 0) is 19.1 Å². The molecule has 2 aromatic rings. The van der Waals surface area contributed by atoms with Crippen LogP contribution in [0.2, 0.25) is 0 Å². The van der Waals surface area contributed by atoms with E-state index in [1.54, 1.807) is 24.4 Å². The third-order valence-corrected chi connectivity index (χ3v) is 3.86. The van der Waals surface area contributed by atoms with Gasteiger partial charge < -0.3 is 25.5 Å². The van der Waals surface area contributed by atoms with Gasteiger partial charge >= 0.3 is 0 Å². The highest BCUT2D eigenvalue weighted by molar-refractivity contribution is 5.96. The largest absolute Gasteiger partial charge is 0.507 e. The van der Waals surface area contributed by atoms with Crippen molar-refractivity contribution in [2.24, 2.45) is 4.99 Å². The number of amides is 1. The summed E-state index contributed by atoms with van der Waals surface area (Å²) in [6.45, 7) is 10.0. The van der Waals surface area contributed by atoms with Crippen molar-refractivity contribution in [1.82, 2.24) is 20.9 Å². The first-order valence-electron chi connectivity index (χ1n) is 9.34. The number of hydrogen-bond donors (Lipinski definition) is 4. The number of nitrogens with zero attached hydrogens (tertiary/aromatic N) is 2. The average molecular weight is 387 g/mol. The highest BCUT2D eigenvalue weighted by Crippen LogP contribution is 2.22. The van der Waals surface area contributed by atoms with Gasteiger partial charge in [0, 0.05) is 25.0 Å². The Morgan fingerprint density at radius 3 is 2.54 bits per heavy atom. The van der Waals surface area contributed by atoms with Gasteiger partial charge in [-0.1, -0.05) is 32.9 Å². The summed E-state index contributed by atoms with van der Waals surface area (Å²) in [7, 11) is 0. The van der Waals surface area contributed by atoms with Gasteiger partial charge in [0.2, 0.25) is 5.89 Å². The highest BCUT2D eigenvalue weighted by Gasteiger charge is 2.19. The molecule has 0 spiro atoms. The Bertz CT molecular complexity index is 808. The maximum absolute atomic E-state index is 12.1. The summed E-state index contributed by atoms with van der Waals surface area (Å²) >= 11 is 0. The number of carbonyl (C=O) groups excluding carboxylic acids is 1. The van der Waals surface area contributed by atoms with Crippen molar-refractivity contribution >= 4 is 11.9 Å². The molecule has 152 valence electrons. The monoisotopic (exact) mass is 387 g/mol. The van der Waals surface area contributed by atoms with E-state index < -0.39 is 0 Å². The van der Waals surface area contributed by atoms with Crippen molar-refractivity contribution in [2.75, 3.05) is 19.6 Å². The van der Waals surface area contributed by atoms with E-state index in [9.17, 15) is 9.90 Å². The molecule has 0 saturated heterocycles. The zero-order valence-electron chi connectivity index (χ0n) is 16.9. The number of guanidine groups is 1. The summed E-state index contributed by atoms with van der Waals surface area (Å²) in [6.07, 6.45) is 1.74. The molecule has 0 atom stereocenters. The first kappa shape index (κ1) is 21.3. The summed E-state index contributed by atoms with van der Waals surface area (Å²) in [5.74, 6) is 1.62. The summed E-state index contributed by atoms with van der Waals surface area (Å²) in [6, 6.07) is 6.43. The first-order chi connectivity index (χ1) is 13.3. The normalized spacial score (nSPS) is 11.9. The predicted octanol–water partition coefficient (Wildman–Crippen LogP) is 2.16. The summed E-state index contributed by atoms with van der Waals surface area (Å²) in [5, 5.41) is 18.7. The minimum Gasteiger partial charge on any atom is -0.507 e. The van der Waals surface area contributed by atoms with Gasteiger partial charge in [-0.25, -0.2) is 9.98 Å². The minimum atomic E-state index is -0.323. The lowest BCUT2D eigenvalue weighted by molar-refractivity contribution is 0.0951. The summed E-state index contributed by atoms with van der Waals surface area (Å²) in [4.78, 5) is 20.8. The molecule has 8 nitrogen and oxygen atoms in total. The molecule has 0 aliphatic carbocycles.